The minimum atomic E-state index is -1.14. The lowest BCUT2D eigenvalue weighted by Gasteiger charge is -2.21. The number of amides is 2. The molecule has 40 heavy (non-hydrogen) atoms. The average Bonchev–Trinajstić information content (AvgIpc) is 2.94. The Hall–Kier alpha value is -4.47. The molecular weight excluding hydrogens is 555 g/mol. The standard InChI is InChI=1S/C29H24Cl2N4O5/c1-17-6-9-19-4-3-5-24(28(19)34-17)40-16-20-21(30)10-12-23(27(20)31)35(2)26(37)15-33-25(36)13-8-18-7-11-22(29(38)39)32-14-18/h3-14H,15-16H2,1-2H3,(H,33,36)(H,38,39). The molecule has 0 aliphatic rings. The molecule has 0 radical (unpaired) electrons. The van der Waals surface area contributed by atoms with Gasteiger partial charge in [-0.3, -0.25) is 9.59 Å². The number of likely N-dealkylation sites (N-methyl/N-ethyl adjacent to an activating group) is 1. The molecule has 2 aromatic carbocycles. The largest absolute Gasteiger partial charge is 0.487 e. The van der Waals surface area contributed by atoms with Gasteiger partial charge in [-0.2, -0.15) is 0 Å². The van der Waals surface area contributed by atoms with Crippen molar-refractivity contribution in [2.45, 2.75) is 13.5 Å². The molecule has 11 heteroatoms. The lowest BCUT2D eigenvalue weighted by Crippen LogP contribution is -2.37. The van der Waals surface area contributed by atoms with E-state index < -0.39 is 17.8 Å². The Morgan fingerprint density at radius 1 is 1.07 bits per heavy atom. The van der Waals surface area contributed by atoms with Crippen LogP contribution in [0.5, 0.6) is 5.75 Å². The molecule has 0 saturated heterocycles. The number of nitrogens with one attached hydrogen (secondary N) is 1. The van der Waals surface area contributed by atoms with E-state index in [-0.39, 0.29) is 23.9 Å². The predicted molar refractivity (Wildman–Crippen MR) is 154 cm³/mol. The van der Waals surface area contributed by atoms with E-state index in [0.717, 1.165) is 16.6 Å². The number of para-hydroxylation sites is 1. The van der Waals surface area contributed by atoms with Gasteiger partial charge in [-0.25, -0.2) is 14.8 Å². The summed E-state index contributed by atoms with van der Waals surface area (Å²) in [4.78, 5) is 45.6. The SMILES string of the molecule is Cc1ccc2cccc(OCc3c(Cl)ccc(N(C)C(=O)CNC(=O)C=Cc4ccc(C(=O)O)nc4)c3Cl)c2n1. The molecule has 9 nitrogen and oxygen atoms in total. The van der Waals surface area contributed by atoms with Crippen LogP contribution in [0.2, 0.25) is 10.0 Å². The number of pyridine rings is 2. The first-order chi connectivity index (χ1) is 19.1. The number of ether oxygens (including phenoxy) is 1. The number of anilines is 1. The highest BCUT2D eigenvalue weighted by molar-refractivity contribution is 6.38. The van der Waals surface area contributed by atoms with Crippen molar-refractivity contribution >= 4 is 63.7 Å². The molecule has 2 heterocycles. The molecule has 0 bridgehead atoms. The van der Waals surface area contributed by atoms with E-state index in [1.165, 1.54) is 42.4 Å². The molecule has 4 aromatic rings. The zero-order chi connectivity index (χ0) is 28.8. The predicted octanol–water partition coefficient (Wildman–Crippen LogP) is 5.31. The molecule has 0 fully saturated rings. The summed E-state index contributed by atoms with van der Waals surface area (Å²) in [5.74, 6) is -1.50. The van der Waals surface area contributed by atoms with Crippen molar-refractivity contribution < 1.29 is 24.2 Å². The van der Waals surface area contributed by atoms with Gasteiger partial charge in [-0.05, 0) is 48.9 Å². The Morgan fingerprint density at radius 3 is 2.60 bits per heavy atom. The Kier molecular flexibility index (Phi) is 8.98. The number of fused-ring (bicyclic) bond motifs is 1. The summed E-state index contributed by atoms with van der Waals surface area (Å²) in [6.07, 6.45) is 4.00. The van der Waals surface area contributed by atoms with Crippen LogP contribution < -0.4 is 15.0 Å². The summed E-state index contributed by atoms with van der Waals surface area (Å²) in [6, 6.07) is 15.6. The third-order valence-electron chi connectivity index (χ3n) is 5.94. The highest BCUT2D eigenvalue weighted by Gasteiger charge is 2.19. The van der Waals surface area contributed by atoms with Crippen LogP contribution in [-0.2, 0) is 16.2 Å². The number of nitrogens with zero attached hydrogens (tertiary/aromatic N) is 3. The summed E-state index contributed by atoms with van der Waals surface area (Å²) in [6.45, 7) is 1.66. The number of carboxylic acids is 1. The number of benzene rings is 2. The zero-order valence-corrected chi connectivity index (χ0v) is 23.0. The van der Waals surface area contributed by atoms with Crippen LogP contribution in [0.15, 0.2) is 66.9 Å². The molecule has 0 spiro atoms. The van der Waals surface area contributed by atoms with Crippen molar-refractivity contribution in [3.63, 3.8) is 0 Å². The Balaban J connectivity index is 1.40. The summed E-state index contributed by atoms with van der Waals surface area (Å²) >= 11 is 13.1. The van der Waals surface area contributed by atoms with E-state index in [4.69, 9.17) is 33.0 Å². The van der Waals surface area contributed by atoms with E-state index in [1.807, 2.05) is 37.3 Å². The number of carbonyl (C=O) groups is 3. The monoisotopic (exact) mass is 578 g/mol. The van der Waals surface area contributed by atoms with Crippen molar-refractivity contribution in [1.82, 2.24) is 15.3 Å². The lowest BCUT2D eigenvalue weighted by molar-refractivity contribution is -0.122. The molecular formula is C29H24Cl2N4O5. The van der Waals surface area contributed by atoms with E-state index in [0.29, 0.717) is 27.6 Å². The van der Waals surface area contributed by atoms with E-state index >= 15 is 0 Å². The molecule has 0 atom stereocenters. The van der Waals surface area contributed by atoms with Gasteiger partial charge in [-0.15, -0.1) is 0 Å². The van der Waals surface area contributed by atoms with Gasteiger partial charge < -0.3 is 20.1 Å². The Labute approximate surface area is 240 Å². The molecule has 2 aromatic heterocycles. The molecule has 204 valence electrons. The number of carbonyl (C=O) groups excluding carboxylic acids is 2. The number of hydrogen-bond acceptors (Lipinski definition) is 6. The number of carboxylic acid groups (broad SMARTS) is 1. The fourth-order valence-corrected chi connectivity index (χ4v) is 4.34. The second kappa shape index (κ2) is 12.6. The maximum absolute atomic E-state index is 12.8. The van der Waals surface area contributed by atoms with Crippen LogP contribution >= 0.6 is 23.2 Å². The van der Waals surface area contributed by atoms with Crippen LogP contribution in [0, 0.1) is 6.92 Å². The van der Waals surface area contributed by atoms with Crippen LogP contribution in [0.3, 0.4) is 0 Å². The van der Waals surface area contributed by atoms with Gasteiger partial charge in [0.15, 0.2) is 0 Å². The normalized spacial score (nSPS) is 11.0. The highest BCUT2D eigenvalue weighted by Crippen LogP contribution is 2.35. The maximum Gasteiger partial charge on any atom is 0.354 e. The van der Waals surface area contributed by atoms with Crippen molar-refractivity contribution in [2.75, 3.05) is 18.5 Å². The van der Waals surface area contributed by atoms with E-state index in [2.05, 4.69) is 15.3 Å². The van der Waals surface area contributed by atoms with Gasteiger partial charge in [0.2, 0.25) is 11.8 Å². The summed E-state index contributed by atoms with van der Waals surface area (Å²) in [7, 11) is 1.54. The molecule has 2 amide bonds. The maximum atomic E-state index is 12.8. The van der Waals surface area contributed by atoms with Gasteiger partial charge in [0, 0.05) is 41.0 Å². The van der Waals surface area contributed by atoms with Gasteiger partial charge in [0.1, 0.15) is 23.6 Å². The molecule has 4 rings (SSSR count). The fraction of sp³-hybridized carbons (Fsp3) is 0.138. The number of rotatable bonds is 9. The Morgan fingerprint density at radius 2 is 1.88 bits per heavy atom. The van der Waals surface area contributed by atoms with Gasteiger partial charge in [0.05, 0.1) is 17.3 Å². The van der Waals surface area contributed by atoms with Gasteiger partial charge in [0.25, 0.3) is 0 Å². The molecule has 0 saturated carbocycles. The first-order valence-corrected chi connectivity index (χ1v) is 12.8. The quantitative estimate of drug-likeness (QED) is 0.258. The third kappa shape index (κ3) is 6.74. The zero-order valence-electron chi connectivity index (χ0n) is 21.5. The first kappa shape index (κ1) is 28.5. The van der Waals surface area contributed by atoms with Crippen molar-refractivity contribution in [3.05, 3.63) is 99.4 Å². The van der Waals surface area contributed by atoms with E-state index in [1.54, 1.807) is 12.1 Å². The second-order valence-corrected chi connectivity index (χ2v) is 9.50. The minimum Gasteiger partial charge on any atom is -0.487 e. The van der Waals surface area contributed by atoms with Crippen LogP contribution in [0.1, 0.15) is 27.3 Å². The Bertz CT molecular complexity index is 1620. The van der Waals surface area contributed by atoms with Gasteiger partial charge >= 0.3 is 5.97 Å². The van der Waals surface area contributed by atoms with Crippen LogP contribution in [0.4, 0.5) is 5.69 Å². The van der Waals surface area contributed by atoms with Crippen molar-refractivity contribution in [3.8, 4) is 5.75 Å². The number of hydrogen-bond donors (Lipinski definition) is 2. The summed E-state index contributed by atoms with van der Waals surface area (Å²) in [5, 5.41) is 13.0. The van der Waals surface area contributed by atoms with Crippen molar-refractivity contribution in [2.24, 2.45) is 0 Å². The second-order valence-electron chi connectivity index (χ2n) is 8.71. The van der Waals surface area contributed by atoms with Gasteiger partial charge in [-0.1, -0.05) is 47.5 Å². The first-order valence-electron chi connectivity index (χ1n) is 12.0. The summed E-state index contributed by atoms with van der Waals surface area (Å²) < 4.78 is 6.04. The molecule has 0 aliphatic heterocycles. The number of aryl methyl sites for hydroxylation is 1. The molecule has 0 unspecified atom stereocenters. The fourth-order valence-electron chi connectivity index (χ4n) is 3.74. The number of halogens is 2. The lowest BCUT2D eigenvalue weighted by atomic mass is 10.1. The van der Waals surface area contributed by atoms with Crippen molar-refractivity contribution in [1.29, 1.82) is 0 Å². The van der Waals surface area contributed by atoms with Crippen LogP contribution in [-0.4, -0.2) is 46.5 Å². The minimum absolute atomic E-state index is 0.0477. The average molecular weight is 579 g/mol. The number of aromatic carboxylic acids is 1. The smallest absolute Gasteiger partial charge is 0.354 e. The topological polar surface area (TPSA) is 122 Å². The highest BCUT2D eigenvalue weighted by atomic mass is 35.5. The van der Waals surface area contributed by atoms with Crippen LogP contribution in [0.25, 0.3) is 17.0 Å². The third-order valence-corrected chi connectivity index (χ3v) is 6.72. The molecule has 0 aliphatic carbocycles. The summed E-state index contributed by atoms with van der Waals surface area (Å²) in [5.41, 5.74) is 2.90. The van der Waals surface area contributed by atoms with E-state index in [9.17, 15) is 14.4 Å². The molecule has 2 N–H and O–H groups in total. The number of aromatic nitrogens is 2.